The van der Waals surface area contributed by atoms with Crippen LogP contribution in [0.3, 0.4) is 0 Å². The van der Waals surface area contributed by atoms with E-state index in [9.17, 15) is 9.90 Å². The standard InChI is InChI=1S/C9H14N2O2/c1-2-7-5-8(12)11(4-3-10)9(13)6-7/h5-6,12H,2-4,10H2,1H3. The van der Waals surface area contributed by atoms with E-state index in [1.807, 2.05) is 6.92 Å². The lowest BCUT2D eigenvalue weighted by atomic mass is 10.2. The first-order valence-corrected chi connectivity index (χ1v) is 4.31. The largest absolute Gasteiger partial charge is 0.494 e. The topological polar surface area (TPSA) is 68.2 Å². The third-order valence-electron chi connectivity index (χ3n) is 1.93. The summed E-state index contributed by atoms with van der Waals surface area (Å²) in [5, 5.41) is 9.44. The van der Waals surface area contributed by atoms with Crippen molar-refractivity contribution in [2.75, 3.05) is 6.54 Å². The van der Waals surface area contributed by atoms with Crippen LogP contribution in [0.25, 0.3) is 0 Å². The van der Waals surface area contributed by atoms with Gasteiger partial charge in [-0.2, -0.15) is 0 Å². The fourth-order valence-corrected chi connectivity index (χ4v) is 1.19. The van der Waals surface area contributed by atoms with Gasteiger partial charge in [0.25, 0.3) is 5.56 Å². The molecular weight excluding hydrogens is 168 g/mol. The Balaban J connectivity index is 3.15. The summed E-state index contributed by atoms with van der Waals surface area (Å²) in [6, 6.07) is 3.12. The van der Waals surface area contributed by atoms with Crippen LogP contribution in [0.1, 0.15) is 12.5 Å². The molecule has 0 amide bonds. The van der Waals surface area contributed by atoms with Crippen molar-refractivity contribution in [1.29, 1.82) is 0 Å². The zero-order valence-corrected chi connectivity index (χ0v) is 7.66. The molecule has 0 aliphatic heterocycles. The molecule has 1 rings (SSSR count). The Labute approximate surface area is 76.6 Å². The molecule has 3 N–H and O–H groups in total. The number of rotatable bonds is 3. The van der Waals surface area contributed by atoms with Gasteiger partial charge in [-0.25, -0.2) is 0 Å². The first-order chi connectivity index (χ1) is 6.19. The van der Waals surface area contributed by atoms with Gasteiger partial charge in [0.05, 0.1) is 0 Å². The summed E-state index contributed by atoms with van der Waals surface area (Å²) < 4.78 is 1.26. The van der Waals surface area contributed by atoms with E-state index in [0.29, 0.717) is 13.1 Å². The molecule has 0 fully saturated rings. The molecule has 0 saturated carbocycles. The highest BCUT2D eigenvalue weighted by atomic mass is 16.3. The minimum absolute atomic E-state index is 0.00481. The summed E-state index contributed by atoms with van der Waals surface area (Å²) in [5.74, 6) is -0.00481. The maximum atomic E-state index is 11.4. The summed E-state index contributed by atoms with van der Waals surface area (Å²) in [6.07, 6.45) is 0.742. The molecule has 1 aromatic heterocycles. The normalized spacial score (nSPS) is 10.3. The first-order valence-electron chi connectivity index (χ1n) is 4.31. The Kier molecular flexibility index (Phi) is 3.08. The van der Waals surface area contributed by atoms with Crippen molar-refractivity contribution >= 4 is 0 Å². The fraction of sp³-hybridized carbons (Fsp3) is 0.444. The molecule has 0 aliphatic rings. The molecule has 4 heteroatoms. The molecule has 0 unspecified atom stereocenters. The average molecular weight is 182 g/mol. The van der Waals surface area contributed by atoms with Gasteiger partial charge in [-0.15, -0.1) is 0 Å². The zero-order valence-electron chi connectivity index (χ0n) is 7.66. The van der Waals surface area contributed by atoms with Crippen LogP contribution in [0.5, 0.6) is 5.88 Å². The Bertz CT molecular complexity index is 344. The summed E-state index contributed by atoms with van der Waals surface area (Å²) in [5.41, 5.74) is 5.95. The quantitative estimate of drug-likeness (QED) is 0.695. The monoisotopic (exact) mass is 182 g/mol. The molecule has 0 aromatic carbocycles. The van der Waals surface area contributed by atoms with E-state index >= 15 is 0 Å². The van der Waals surface area contributed by atoms with Gasteiger partial charge in [0.1, 0.15) is 0 Å². The lowest BCUT2D eigenvalue weighted by Gasteiger charge is -2.07. The summed E-state index contributed by atoms with van der Waals surface area (Å²) in [4.78, 5) is 11.4. The van der Waals surface area contributed by atoms with Crippen LogP contribution in [0.15, 0.2) is 16.9 Å². The predicted molar refractivity (Wildman–Crippen MR) is 50.8 cm³/mol. The van der Waals surface area contributed by atoms with E-state index in [1.165, 1.54) is 10.6 Å². The van der Waals surface area contributed by atoms with Crippen LogP contribution in [0.4, 0.5) is 0 Å². The lowest BCUT2D eigenvalue weighted by molar-refractivity contribution is 0.407. The highest BCUT2D eigenvalue weighted by molar-refractivity contribution is 5.21. The van der Waals surface area contributed by atoms with Crippen molar-refractivity contribution in [3.05, 3.63) is 28.0 Å². The molecular formula is C9H14N2O2. The summed E-state index contributed by atoms with van der Waals surface area (Å²) in [7, 11) is 0. The van der Waals surface area contributed by atoms with E-state index in [0.717, 1.165) is 12.0 Å². The van der Waals surface area contributed by atoms with Gasteiger partial charge in [-0.05, 0) is 12.0 Å². The van der Waals surface area contributed by atoms with Gasteiger partial charge < -0.3 is 10.8 Å². The van der Waals surface area contributed by atoms with E-state index in [2.05, 4.69) is 0 Å². The Morgan fingerprint density at radius 2 is 2.23 bits per heavy atom. The Morgan fingerprint density at radius 3 is 2.69 bits per heavy atom. The second kappa shape index (κ2) is 4.09. The minimum atomic E-state index is -0.192. The van der Waals surface area contributed by atoms with Crippen molar-refractivity contribution in [3.63, 3.8) is 0 Å². The number of nitrogens with two attached hydrogens (primary N) is 1. The van der Waals surface area contributed by atoms with Crippen molar-refractivity contribution in [2.24, 2.45) is 5.73 Å². The fourth-order valence-electron chi connectivity index (χ4n) is 1.19. The second-order valence-corrected chi connectivity index (χ2v) is 2.85. The number of pyridine rings is 1. The van der Waals surface area contributed by atoms with Crippen LogP contribution in [0.2, 0.25) is 0 Å². The molecule has 1 heterocycles. The van der Waals surface area contributed by atoms with E-state index in [1.54, 1.807) is 6.07 Å². The molecule has 1 aromatic rings. The smallest absolute Gasteiger partial charge is 0.253 e. The number of aromatic nitrogens is 1. The third kappa shape index (κ3) is 2.09. The SMILES string of the molecule is CCc1cc(O)n(CCN)c(=O)c1. The molecule has 0 atom stereocenters. The van der Waals surface area contributed by atoms with Crippen LogP contribution in [-0.2, 0) is 13.0 Å². The summed E-state index contributed by atoms with van der Waals surface area (Å²) >= 11 is 0. The van der Waals surface area contributed by atoms with Crippen molar-refractivity contribution in [1.82, 2.24) is 4.57 Å². The van der Waals surface area contributed by atoms with Crippen LogP contribution in [-0.4, -0.2) is 16.2 Å². The van der Waals surface area contributed by atoms with Gasteiger partial charge in [-0.3, -0.25) is 9.36 Å². The minimum Gasteiger partial charge on any atom is -0.494 e. The molecule has 72 valence electrons. The number of aryl methyl sites for hydroxylation is 1. The maximum absolute atomic E-state index is 11.4. The lowest BCUT2D eigenvalue weighted by Crippen LogP contribution is -2.23. The highest BCUT2D eigenvalue weighted by Crippen LogP contribution is 2.08. The second-order valence-electron chi connectivity index (χ2n) is 2.85. The molecule has 0 radical (unpaired) electrons. The molecule has 0 saturated heterocycles. The molecule has 0 spiro atoms. The van der Waals surface area contributed by atoms with Crippen molar-refractivity contribution in [2.45, 2.75) is 19.9 Å². The molecule has 4 nitrogen and oxygen atoms in total. The molecule has 13 heavy (non-hydrogen) atoms. The highest BCUT2D eigenvalue weighted by Gasteiger charge is 2.02. The number of hydrogen-bond acceptors (Lipinski definition) is 3. The van der Waals surface area contributed by atoms with Crippen LogP contribution in [0, 0.1) is 0 Å². The number of nitrogens with zero attached hydrogens (tertiary/aromatic N) is 1. The Morgan fingerprint density at radius 1 is 1.54 bits per heavy atom. The predicted octanol–water partition coefficient (Wildman–Crippen LogP) is 0.0750. The summed E-state index contributed by atoms with van der Waals surface area (Å²) in [6.45, 7) is 2.63. The van der Waals surface area contributed by atoms with Gasteiger partial charge in [0.15, 0.2) is 5.88 Å². The van der Waals surface area contributed by atoms with Crippen LogP contribution >= 0.6 is 0 Å². The molecule has 0 bridgehead atoms. The number of hydrogen-bond donors (Lipinski definition) is 2. The first kappa shape index (κ1) is 9.80. The number of aromatic hydroxyl groups is 1. The third-order valence-corrected chi connectivity index (χ3v) is 1.93. The van der Waals surface area contributed by atoms with Crippen LogP contribution < -0.4 is 11.3 Å². The zero-order chi connectivity index (χ0) is 9.84. The van der Waals surface area contributed by atoms with Crippen molar-refractivity contribution in [3.8, 4) is 5.88 Å². The van der Waals surface area contributed by atoms with E-state index in [-0.39, 0.29) is 11.4 Å². The van der Waals surface area contributed by atoms with Gasteiger partial charge in [-0.1, -0.05) is 6.92 Å². The van der Waals surface area contributed by atoms with Gasteiger partial charge in [0.2, 0.25) is 0 Å². The average Bonchev–Trinajstić information content (AvgIpc) is 2.11. The van der Waals surface area contributed by atoms with Gasteiger partial charge in [0, 0.05) is 25.2 Å². The molecule has 0 aliphatic carbocycles. The van der Waals surface area contributed by atoms with E-state index in [4.69, 9.17) is 5.73 Å². The van der Waals surface area contributed by atoms with E-state index < -0.39 is 0 Å². The Hall–Kier alpha value is -1.29. The van der Waals surface area contributed by atoms with Crippen molar-refractivity contribution < 1.29 is 5.11 Å². The van der Waals surface area contributed by atoms with Gasteiger partial charge >= 0.3 is 0 Å². The maximum Gasteiger partial charge on any atom is 0.253 e.